The second-order valence-electron chi connectivity index (χ2n) is 3.25. The van der Waals surface area contributed by atoms with E-state index in [1.807, 2.05) is 23.7 Å². The van der Waals surface area contributed by atoms with E-state index in [4.69, 9.17) is 6.42 Å². The number of terminal acetylenes is 1. The van der Waals surface area contributed by atoms with Gasteiger partial charge in [-0.05, 0) is 11.4 Å². The topological polar surface area (TPSA) is 34.9 Å². The third kappa shape index (κ3) is 2.05. The van der Waals surface area contributed by atoms with Gasteiger partial charge in [0, 0.05) is 18.2 Å². The molecule has 0 aliphatic rings. The standard InChI is InChI=1S/C12H10N2OS/c1-2-6-14-9-10(5-7-15)12(13-14)11-4-3-8-16-11/h1,3-4,7-9H,5-6H2. The molecule has 0 spiro atoms. The van der Waals surface area contributed by atoms with Crippen molar-refractivity contribution in [2.45, 2.75) is 13.0 Å². The summed E-state index contributed by atoms with van der Waals surface area (Å²) in [5.74, 6) is 2.53. The lowest BCUT2D eigenvalue weighted by molar-refractivity contribution is -0.107. The predicted octanol–water partition coefficient (Wildman–Crippen LogP) is 1.99. The fourth-order valence-electron chi connectivity index (χ4n) is 1.50. The molecule has 0 saturated carbocycles. The Hall–Kier alpha value is -1.86. The Balaban J connectivity index is 2.42. The summed E-state index contributed by atoms with van der Waals surface area (Å²) in [5, 5.41) is 6.37. The van der Waals surface area contributed by atoms with E-state index >= 15 is 0 Å². The molecule has 0 aromatic carbocycles. The highest BCUT2D eigenvalue weighted by Gasteiger charge is 2.11. The molecular weight excluding hydrogens is 220 g/mol. The van der Waals surface area contributed by atoms with Crippen molar-refractivity contribution in [3.05, 3.63) is 29.3 Å². The van der Waals surface area contributed by atoms with Gasteiger partial charge in [0.15, 0.2) is 0 Å². The molecular formula is C12H10N2OS. The largest absolute Gasteiger partial charge is 0.303 e. The molecule has 0 unspecified atom stereocenters. The summed E-state index contributed by atoms with van der Waals surface area (Å²) >= 11 is 1.60. The SMILES string of the molecule is C#CCn1cc(CC=O)c(-c2cccs2)n1. The first-order valence-corrected chi connectivity index (χ1v) is 5.70. The van der Waals surface area contributed by atoms with Gasteiger partial charge in [0.05, 0.1) is 4.88 Å². The molecule has 0 bridgehead atoms. The number of hydrogen-bond donors (Lipinski definition) is 0. The Labute approximate surface area is 97.7 Å². The highest BCUT2D eigenvalue weighted by atomic mass is 32.1. The lowest BCUT2D eigenvalue weighted by atomic mass is 10.2. The maximum atomic E-state index is 10.6. The van der Waals surface area contributed by atoms with Crippen molar-refractivity contribution in [3.63, 3.8) is 0 Å². The number of hydrogen-bond acceptors (Lipinski definition) is 3. The first-order valence-electron chi connectivity index (χ1n) is 4.82. The summed E-state index contributed by atoms with van der Waals surface area (Å²) < 4.78 is 1.69. The number of thiophene rings is 1. The summed E-state index contributed by atoms with van der Waals surface area (Å²) in [7, 11) is 0. The van der Waals surface area contributed by atoms with Crippen molar-refractivity contribution >= 4 is 17.6 Å². The van der Waals surface area contributed by atoms with Crippen LogP contribution in [0.5, 0.6) is 0 Å². The smallest absolute Gasteiger partial charge is 0.124 e. The molecule has 16 heavy (non-hydrogen) atoms. The van der Waals surface area contributed by atoms with E-state index in [1.54, 1.807) is 16.0 Å². The molecule has 0 N–H and O–H groups in total. The van der Waals surface area contributed by atoms with E-state index in [1.165, 1.54) is 0 Å². The predicted molar refractivity (Wildman–Crippen MR) is 64.1 cm³/mol. The van der Waals surface area contributed by atoms with E-state index < -0.39 is 0 Å². The molecule has 2 aromatic heterocycles. The second-order valence-corrected chi connectivity index (χ2v) is 4.20. The summed E-state index contributed by atoms with van der Waals surface area (Å²) in [6.07, 6.45) is 8.33. The maximum Gasteiger partial charge on any atom is 0.124 e. The van der Waals surface area contributed by atoms with Gasteiger partial charge in [0.1, 0.15) is 18.5 Å². The lowest BCUT2D eigenvalue weighted by Crippen LogP contribution is -1.95. The Bertz CT molecular complexity index is 520. The fraction of sp³-hybridized carbons (Fsp3) is 0.167. The van der Waals surface area contributed by atoms with Crippen LogP contribution in [-0.2, 0) is 17.8 Å². The third-order valence-corrected chi connectivity index (χ3v) is 3.03. The summed E-state index contributed by atoms with van der Waals surface area (Å²) in [4.78, 5) is 11.7. The van der Waals surface area contributed by atoms with Crippen molar-refractivity contribution in [1.29, 1.82) is 0 Å². The van der Waals surface area contributed by atoms with Gasteiger partial charge in [-0.2, -0.15) is 5.10 Å². The fourth-order valence-corrected chi connectivity index (χ4v) is 2.24. The number of nitrogens with zero attached hydrogens (tertiary/aromatic N) is 2. The highest BCUT2D eigenvalue weighted by Crippen LogP contribution is 2.26. The molecule has 0 saturated heterocycles. The Morgan fingerprint density at radius 3 is 3.12 bits per heavy atom. The van der Waals surface area contributed by atoms with Crippen LogP contribution in [0.3, 0.4) is 0 Å². The highest BCUT2D eigenvalue weighted by molar-refractivity contribution is 7.13. The molecule has 0 aliphatic heterocycles. The zero-order chi connectivity index (χ0) is 11.4. The van der Waals surface area contributed by atoms with Crippen molar-refractivity contribution in [2.75, 3.05) is 0 Å². The van der Waals surface area contributed by atoms with Crippen LogP contribution in [0.1, 0.15) is 5.56 Å². The average Bonchev–Trinajstić information content (AvgIpc) is 2.87. The van der Waals surface area contributed by atoms with Crippen LogP contribution >= 0.6 is 11.3 Å². The van der Waals surface area contributed by atoms with Crippen molar-refractivity contribution in [1.82, 2.24) is 9.78 Å². The summed E-state index contributed by atoms with van der Waals surface area (Å²) in [6.45, 7) is 0.428. The quantitative estimate of drug-likeness (QED) is 0.594. The van der Waals surface area contributed by atoms with Crippen LogP contribution in [0.15, 0.2) is 23.7 Å². The molecule has 3 nitrogen and oxygen atoms in total. The van der Waals surface area contributed by atoms with Crippen LogP contribution in [0, 0.1) is 12.3 Å². The van der Waals surface area contributed by atoms with E-state index in [0.717, 1.165) is 22.4 Å². The molecule has 0 fully saturated rings. The van der Waals surface area contributed by atoms with Crippen LogP contribution in [0.25, 0.3) is 10.6 Å². The molecule has 0 atom stereocenters. The zero-order valence-corrected chi connectivity index (χ0v) is 9.41. The van der Waals surface area contributed by atoms with Crippen molar-refractivity contribution in [3.8, 4) is 22.9 Å². The van der Waals surface area contributed by atoms with Crippen LogP contribution in [0.2, 0.25) is 0 Å². The molecule has 2 rings (SSSR count). The van der Waals surface area contributed by atoms with E-state index in [-0.39, 0.29) is 0 Å². The second kappa shape index (κ2) is 4.77. The van der Waals surface area contributed by atoms with Crippen LogP contribution < -0.4 is 0 Å². The monoisotopic (exact) mass is 230 g/mol. The first kappa shape index (κ1) is 10.7. The molecule has 80 valence electrons. The van der Waals surface area contributed by atoms with Crippen molar-refractivity contribution in [2.24, 2.45) is 0 Å². The van der Waals surface area contributed by atoms with Crippen LogP contribution in [0.4, 0.5) is 0 Å². The minimum Gasteiger partial charge on any atom is -0.303 e. The number of aromatic nitrogens is 2. The van der Waals surface area contributed by atoms with Gasteiger partial charge in [-0.1, -0.05) is 12.0 Å². The third-order valence-electron chi connectivity index (χ3n) is 2.15. The molecule has 0 aliphatic carbocycles. The Morgan fingerprint density at radius 2 is 2.50 bits per heavy atom. The molecule has 0 radical (unpaired) electrons. The van der Waals surface area contributed by atoms with Crippen molar-refractivity contribution < 1.29 is 4.79 Å². The van der Waals surface area contributed by atoms with Gasteiger partial charge < -0.3 is 4.79 Å². The van der Waals surface area contributed by atoms with Gasteiger partial charge in [-0.3, -0.25) is 4.68 Å². The van der Waals surface area contributed by atoms with E-state index in [2.05, 4.69) is 11.0 Å². The summed E-state index contributed by atoms with van der Waals surface area (Å²) in [5.41, 5.74) is 1.78. The van der Waals surface area contributed by atoms with E-state index in [9.17, 15) is 4.79 Å². The molecule has 2 heterocycles. The lowest BCUT2D eigenvalue weighted by Gasteiger charge is -1.93. The van der Waals surface area contributed by atoms with E-state index in [0.29, 0.717) is 13.0 Å². The number of carbonyl (C=O) groups excluding carboxylic acids is 1. The van der Waals surface area contributed by atoms with Gasteiger partial charge in [0.25, 0.3) is 0 Å². The minimum absolute atomic E-state index is 0.373. The van der Waals surface area contributed by atoms with Crippen LogP contribution in [-0.4, -0.2) is 16.1 Å². The number of rotatable bonds is 4. The first-order chi connectivity index (χ1) is 7.85. The van der Waals surface area contributed by atoms with Gasteiger partial charge in [-0.15, -0.1) is 17.8 Å². The van der Waals surface area contributed by atoms with Gasteiger partial charge in [0.2, 0.25) is 0 Å². The summed E-state index contributed by atoms with van der Waals surface area (Å²) in [6, 6.07) is 3.95. The number of carbonyl (C=O) groups is 1. The van der Waals surface area contributed by atoms with Gasteiger partial charge >= 0.3 is 0 Å². The average molecular weight is 230 g/mol. The molecule has 4 heteroatoms. The molecule has 0 amide bonds. The number of aldehydes is 1. The Kier molecular flexibility index (Phi) is 3.18. The maximum absolute atomic E-state index is 10.6. The van der Waals surface area contributed by atoms with Gasteiger partial charge in [-0.25, -0.2) is 0 Å². The zero-order valence-electron chi connectivity index (χ0n) is 8.59. The molecule has 2 aromatic rings. The minimum atomic E-state index is 0.373. The Morgan fingerprint density at radius 1 is 1.62 bits per heavy atom. The normalized spacial score (nSPS) is 9.94.